The molecular formula is C12H12Br2N2S2. The molecule has 0 amide bonds. The van der Waals surface area contributed by atoms with Crippen LogP contribution < -0.4 is 5.32 Å². The second kappa shape index (κ2) is 5.71. The first-order chi connectivity index (χ1) is 8.72. The Morgan fingerprint density at radius 2 is 2.22 bits per heavy atom. The Morgan fingerprint density at radius 3 is 2.89 bits per heavy atom. The first kappa shape index (κ1) is 13.2. The number of hydrogen-bond acceptors (Lipinski definition) is 4. The zero-order valence-corrected chi connectivity index (χ0v) is 14.4. The zero-order valence-electron chi connectivity index (χ0n) is 9.58. The van der Waals surface area contributed by atoms with Gasteiger partial charge in [0.05, 0.1) is 14.4 Å². The molecule has 0 unspecified atom stereocenters. The maximum absolute atomic E-state index is 4.70. The third kappa shape index (κ3) is 3.22. The smallest absolute Gasteiger partial charge is 0.133 e. The van der Waals surface area contributed by atoms with E-state index in [1.165, 1.54) is 23.4 Å². The lowest BCUT2D eigenvalue weighted by atomic mass is 10.3. The number of hydrogen-bond donors (Lipinski definition) is 1. The Morgan fingerprint density at radius 1 is 1.39 bits per heavy atom. The van der Waals surface area contributed by atoms with Crippen LogP contribution in [0.1, 0.15) is 18.5 Å². The van der Waals surface area contributed by atoms with Crippen LogP contribution in [0.25, 0.3) is 9.88 Å². The minimum absolute atomic E-state index is 0.785. The van der Waals surface area contributed by atoms with Crippen molar-refractivity contribution in [1.29, 1.82) is 0 Å². The lowest BCUT2D eigenvalue weighted by molar-refractivity contribution is 0.677. The fourth-order valence-electron chi connectivity index (χ4n) is 1.68. The van der Waals surface area contributed by atoms with Crippen LogP contribution in [-0.4, -0.2) is 17.6 Å². The van der Waals surface area contributed by atoms with Gasteiger partial charge in [-0.2, -0.15) is 0 Å². The first-order valence-electron chi connectivity index (χ1n) is 5.85. The summed E-state index contributed by atoms with van der Waals surface area (Å²) < 4.78 is 2.24. The molecule has 96 valence electrons. The Hall–Kier alpha value is 0.250. The molecule has 0 bridgehead atoms. The molecule has 1 saturated carbocycles. The van der Waals surface area contributed by atoms with E-state index in [1.54, 1.807) is 22.7 Å². The van der Waals surface area contributed by atoms with Crippen LogP contribution in [-0.2, 0) is 6.42 Å². The van der Waals surface area contributed by atoms with E-state index in [0.717, 1.165) is 32.3 Å². The Labute approximate surface area is 131 Å². The van der Waals surface area contributed by atoms with Crippen molar-refractivity contribution in [3.8, 4) is 9.88 Å². The first-order valence-corrected chi connectivity index (χ1v) is 9.13. The van der Waals surface area contributed by atoms with Crippen LogP contribution in [0.3, 0.4) is 0 Å². The fourth-order valence-corrected chi connectivity index (χ4v) is 4.63. The summed E-state index contributed by atoms with van der Waals surface area (Å²) in [7, 11) is 0. The quantitative estimate of drug-likeness (QED) is 0.777. The standard InChI is InChI=1S/C12H12Br2N2S2/c13-9-5-10(18-11(9)14)12-16-8(6-17-12)3-4-15-7-1-2-7/h5-7,15H,1-4H2. The molecule has 0 spiro atoms. The summed E-state index contributed by atoms with van der Waals surface area (Å²) in [6.07, 6.45) is 3.72. The van der Waals surface area contributed by atoms with Crippen molar-refractivity contribution in [2.75, 3.05) is 6.54 Å². The van der Waals surface area contributed by atoms with E-state index >= 15 is 0 Å². The number of nitrogens with zero attached hydrogens (tertiary/aromatic N) is 1. The van der Waals surface area contributed by atoms with Gasteiger partial charge in [0.1, 0.15) is 5.01 Å². The van der Waals surface area contributed by atoms with Crippen molar-refractivity contribution in [3.05, 3.63) is 25.4 Å². The predicted molar refractivity (Wildman–Crippen MR) is 85.6 cm³/mol. The molecule has 2 aromatic heterocycles. The van der Waals surface area contributed by atoms with Gasteiger partial charge in [0, 0.05) is 28.9 Å². The van der Waals surface area contributed by atoms with E-state index in [1.807, 2.05) is 0 Å². The summed E-state index contributed by atoms with van der Waals surface area (Å²) in [6, 6.07) is 2.91. The molecular weight excluding hydrogens is 396 g/mol. The van der Waals surface area contributed by atoms with Crippen molar-refractivity contribution < 1.29 is 0 Å². The molecule has 18 heavy (non-hydrogen) atoms. The molecule has 0 atom stereocenters. The number of thiazole rings is 1. The second-order valence-corrected chi connectivity index (χ2v) is 8.44. The topological polar surface area (TPSA) is 24.9 Å². The average Bonchev–Trinajstić information content (AvgIpc) is 2.94. The molecule has 1 aliphatic rings. The highest BCUT2D eigenvalue weighted by Crippen LogP contribution is 2.39. The summed E-state index contributed by atoms with van der Waals surface area (Å²) in [6.45, 7) is 1.05. The van der Waals surface area contributed by atoms with Crippen molar-refractivity contribution >= 4 is 54.5 Å². The fraction of sp³-hybridized carbons (Fsp3) is 0.417. The maximum Gasteiger partial charge on any atom is 0.133 e. The van der Waals surface area contributed by atoms with Gasteiger partial charge >= 0.3 is 0 Å². The van der Waals surface area contributed by atoms with Gasteiger partial charge in [-0.25, -0.2) is 4.98 Å². The monoisotopic (exact) mass is 406 g/mol. The van der Waals surface area contributed by atoms with Crippen LogP contribution >= 0.6 is 54.5 Å². The van der Waals surface area contributed by atoms with Gasteiger partial charge < -0.3 is 5.32 Å². The largest absolute Gasteiger partial charge is 0.314 e. The highest BCUT2D eigenvalue weighted by molar-refractivity contribution is 9.13. The third-order valence-electron chi connectivity index (χ3n) is 2.80. The van der Waals surface area contributed by atoms with Gasteiger partial charge in [-0.05, 0) is 50.8 Å². The molecule has 0 aliphatic heterocycles. The molecule has 2 aromatic rings. The van der Waals surface area contributed by atoms with Gasteiger partial charge in [-0.1, -0.05) is 0 Å². The molecule has 1 N–H and O–H groups in total. The Balaban J connectivity index is 1.64. The van der Waals surface area contributed by atoms with Crippen LogP contribution in [0.5, 0.6) is 0 Å². The van der Waals surface area contributed by atoms with Crippen LogP contribution in [0, 0.1) is 0 Å². The molecule has 0 saturated heterocycles. The summed E-state index contributed by atoms with van der Waals surface area (Å²) >= 11 is 10.5. The van der Waals surface area contributed by atoms with Gasteiger partial charge in [-0.15, -0.1) is 22.7 Å². The molecule has 0 radical (unpaired) electrons. The highest BCUT2D eigenvalue weighted by atomic mass is 79.9. The summed E-state index contributed by atoms with van der Waals surface area (Å²) in [4.78, 5) is 5.92. The molecule has 0 aromatic carbocycles. The van der Waals surface area contributed by atoms with Crippen LogP contribution in [0.2, 0.25) is 0 Å². The summed E-state index contributed by atoms with van der Waals surface area (Å²) in [5.74, 6) is 0. The van der Waals surface area contributed by atoms with E-state index in [-0.39, 0.29) is 0 Å². The van der Waals surface area contributed by atoms with E-state index < -0.39 is 0 Å². The lowest BCUT2D eigenvalue weighted by Gasteiger charge is -1.98. The second-order valence-electron chi connectivity index (χ2n) is 4.35. The minimum atomic E-state index is 0.785. The lowest BCUT2D eigenvalue weighted by Crippen LogP contribution is -2.19. The number of halogens is 2. The van der Waals surface area contributed by atoms with Crippen molar-refractivity contribution in [3.63, 3.8) is 0 Å². The number of rotatable bonds is 5. The molecule has 1 aliphatic carbocycles. The van der Waals surface area contributed by atoms with E-state index in [4.69, 9.17) is 4.98 Å². The molecule has 2 heterocycles. The Kier molecular flexibility index (Phi) is 4.20. The van der Waals surface area contributed by atoms with E-state index in [9.17, 15) is 0 Å². The maximum atomic E-state index is 4.70. The van der Waals surface area contributed by atoms with Crippen LogP contribution in [0.4, 0.5) is 0 Å². The average molecular weight is 408 g/mol. The van der Waals surface area contributed by atoms with Crippen molar-refractivity contribution in [2.45, 2.75) is 25.3 Å². The highest BCUT2D eigenvalue weighted by Gasteiger charge is 2.19. The predicted octanol–water partition coefficient (Wildman–Crippen LogP) is 4.69. The molecule has 6 heteroatoms. The molecule has 2 nitrogen and oxygen atoms in total. The number of aromatic nitrogens is 1. The van der Waals surface area contributed by atoms with E-state index in [0.29, 0.717) is 0 Å². The Bertz CT molecular complexity index is 527. The molecule has 1 fully saturated rings. The SMILES string of the molecule is Brc1cc(-c2nc(CCNC3CC3)cs2)sc1Br. The minimum Gasteiger partial charge on any atom is -0.314 e. The van der Waals surface area contributed by atoms with Crippen LogP contribution in [0.15, 0.2) is 19.7 Å². The normalized spacial score (nSPS) is 15.2. The van der Waals surface area contributed by atoms with Crippen molar-refractivity contribution in [2.24, 2.45) is 0 Å². The summed E-state index contributed by atoms with van der Waals surface area (Å²) in [5.41, 5.74) is 1.20. The van der Waals surface area contributed by atoms with Gasteiger partial charge in [0.2, 0.25) is 0 Å². The zero-order chi connectivity index (χ0) is 12.5. The van der Waals surface area contributed by atoms with E-state index in [2.05, 4.69) is 48.6 Å². The van der Waals surface area contributed by atoms with Gasteiger partial charge in [0.25, 0.3) is 0 Å². The van der Waals surface area contributed by atoms with Crippen molar-refractivity contribution in [1.82, 2.24) is 10.3 Å². The van der Waals surface area contributed by atoms with Gasteiger partial charge in [-0.3, -0.25) is 0 Å². The third-order valence-corrected chi connectivity index (χ3v) is 7.12. The number of thiophene rings is 1. The number of nitrogens with one attached hydrogen (secondary N) is 1. The molecule has 3 rings (SSSR count). The van der Waals surface area contributed by atoms with Gasteiger partial charge in [0.15, 0.2) is 0 Å². The summed E-state index contributed by atoms with van der Waals surface area (Å²) in [5, 5.41) is 6.81.